The zero-order chi connectivity index (χ0) is 31.2. The number of amides is 1. The van der Waals surface area contributed by atoms with E-state index in [1.54, 1.807) is 29.0 Å². The van der Waals surface area contributed by atoms with Gasteiger partial charge in [-0.1, -0.05) is 26.5 Å². The zero-order valence-corrected chi connectivity index (χ0v) is 24.2. The molecule has 0 radical (unpaired) electrons. The molecule has 11 heteroatoms. The third-order valence-electron chi connectivity index (χ3n) is 7.72. The van der Waals surface area contributed by atoms with Crippen LogP contribution in [-0.4, -0.2) is 56.1 Å². The number of phenolic OH excluding ortho intramolecular Hbond substituents is 1. The summed E-state index contributed by atoms with van der Waals surface area (Å²) in [6, 6.07) is 6.07. The normalized spacial score (nSPS) is 15.2. The van der Waals surface area contributed by atoms with Gasteiger partial charge in [0.05, 0.1) is 29.2 Å². The number of phenols is 1. The fraction of sp³-hybridized carbons (Fsp3) is 0.281. The van der Waals surface area contributed by atoms with E-state index in [9.17, 15) is 19.1 Å². The number of carbonyl (C=O) groups excluding carboxylic acids is 1. The Morgan fingerprint density at radius 1 is 1.21 bits per heavy atom. The molecule has 3 aromatic heterocycles. The molecule has 0 saturated carbocycles. The lowest BCUT2D eigenvalue weighted by atomic mass is 10.0. The maximum atomic E-state index is 16.0. The van der Waals surface area contributed by atoms with Gasteiger partial charge in [-0.15, -0.1) is 0 Å². The Morgan fingerprint density at radius 2 is 1.95 bits per heavy atom. The van der Waals surface area contributed by atoms with Crippen molar-refractivity contribution in [3.05, 3.63) is 93.8 Å². The molecule has 1 N–H and O–H groups in total. The van der Waals surface area contributed by atoms with Gasteiger partial charge in [0, 0.05) is 37.3 Å². The van der Waals surface area contributed by atoms with Gasteiger partial charge in [-0.05, 0) is 55.7 Å². The van der Waals surface area contributed by atoms with Gasteiger partial charge in [0.2, 0.25) is 5.91 Å². The minimum Gasteiger partial charge on any atom is -0.507 e. The molecule has 1 aliphatic heterocycles. The van der Waals surface area contributed by atoms with Crippen molar-refractivity contribution in [3.8, 4) is 22.7 Å². The molecule has 43 heavy (non-hydrogen) atoms. The summed E-state index contributed by atoms with van der Waals surface area (Å²) in [5, 5.41) is 10.6. The van der Waals surface area contributed by atoms with Crippen LogP contribution in [0.25, 0.3) is 32.8 Å². The van der Waals surface area contributed by atoms with Crippen LogP contribution in [0.15, 0.2) is 54.0 Å². The van der Waals surface area contributed by atoms with E-state index < -0.39 is 34.2 Å². The van der Waals surface area contributed by atoms with Gasteiger partial charge in [-0.2, -0.15) is 0 Å². The van der Waals surface area contributed by atoms with E-state index in [2.05, 4.69) is 21.4 Å². The maximum Gasteiger partial charge on any atom is 0.274 e. The van der Waals surface area contributed by atoms with Gasteiger partial charge in [0.25, 0.3) is 11.2 Å². The molecule has 9 nitrogen and oxygen atoms in total. The molecule has 0 spiro atoms. The number of halogens is 2. The predicted molar refractivity (Wildman–Crippen MR) is 161 cm³/mol. The van der Waals surface area contributed by atoms with Crippen molar-refractivity contribution in [1.29, 1.82) is 0 Å². The number of aromatic hydroxyl groups is 1. The molecule has 220 valence electrons. The van der Waals surface area contributed by atoms with Gasteiger partial charge >= 0.3 is 0 Å². The summed E-state index contributed by atoms with van der Waals surface area (Å²) >= 11 is 0. The first-order valence-corrected chi connectivity index (χ1v) is 13.8. The number of aryl methyl sites for hydroxylation is 1. The second-order valence-corrected chi connectivity index (χ2v) is 10.8. The quantitative estimate of drug-likeness (QED) is 0.241. The first-order valence-electron chi connectivity index (χ1n) is 13.8. The van der Waals surface area contributed by atoms with Crippen molar-refractivity contribution in [1.82, 2.24) is 19.4 Å². The monoisotopic (exact) mass is 584 g/mol. The van der Waals surface area contributed by atoms with Gasteiger partial charge in [-0.3, -0.25) is 19.1 Å². The second-order valence-electron chi connectivity index (χ2n) is 10.8. The van der Waals surface area contributed by atoms with Crippen molar-refractivity contribution < 1.29 is 18.7 Å². The van der Waals surface area contributed by atoms with E-state index in [0.29, 0.717) is 16.9 Å². The molecule has 1 aliphatic rings. The Bertz CT molecular complexity index is 1880. The van der Waals surface area contributed by atoms with Crippen molar-refractivity contribution in [2.24, 2.45) is 0 Å². The van der Waals surface area contributed by atoms with Crippen LogP contribution < -0.4 is 10.5 Å². The molecule has 1 saturated heterocycles. The van der Waals surface area contributed by atoms with Gasteiger partial charge in [0.15, 0.2) is 5.82 Å². The number of rotatable bonds is 5. The van der Waals surface area contributed by atoms with Crippen LogP contribution in [0.5, 0.6) is 5.75 Å². The molecule has 1 aromatic carbocycles. The third kappa shape index (κ3) is 4.88. The number of nitrogens with zero attached hydrogens (tertiary/aromatic N) is 6. The van der Waals surface area contributed by atoms with Crippen LogP contribution in [-0.2, 0) is 4.79 Å². The predicted octanol–water partition coefficient (Wildman–Crippen LogP) is 5.64. The number of aromatic nitrogens is 3. The van der Waals surface area contributed by atoms with Crippen LogP contribution in [0.1, 0.15) is 37.9 Å². The Hall–Kier alpha value is -5.11. The molecule has 1 fully saturated rings. The van der Waals surface area contributed by atoms with E-state index in [4.69, 9.17) is 6.57 Å². The Labute approximate surface area is 247 Å². The minimum atomic E-state index is -0.949. The lowest BCUT2D eigenvalue weighted by Crippen LogP contribution is -2.53. The lowest BCUT2D eigenvalue weighted by Gasteiger charge is -2.42. The number of piperazine rings is 1. The molecule has 4 heterocycles. The van der Waals surface area contributed by atoms with Crippen LogP contribution in [0, 0.1) is 25.1 Å². The number of benzene rings is 1. The highest BCUT2D eigenvalue weighted by Crippen LogP contribution is 2.41. The Morgan fingerprint density at radius 3 is 2.58 bits per heavy atom. The van der Waals surface area contributed by atoms with E-state index >= 15 is 4.39 Å². The van der Waals surface area contributed by atoms with E-state index in [1.165, 1.54) is 22.8 Å². The smallest absolute Gasteiger partial charge is 0.274 e. The molecular formula is C32H30F2N6O3. The highest BCUT2D eigenvalue weighted by molar-refractivity contribution is 5.99. The average molecular weight is 585 g/mol. The average Bonchev–Trinajstić information content (AvgIpc) is 2.97. The summed E-state index contributed by atoms with van der Waals surface area (Å²) in [6.07, 6.45) is 2.85. The summed E-state index contributed by atoms with van der Waals surface area (Å²) < 4.78 is 32.2. The molecule has 1 unspecified atom stereocenters. The fourth-order valence-electron chi connectivity index (χ4n) is 5.68. The van der Waals surface area contributed by atoms with Crippen molar-refractivity contribution >= 4 is 28.3 Å². The Kier molecular flexibility index (Phi) is 7.71. The van der Waals surface area contributed by atoms with Crippen molar-refractivity contribution in [2.75, 3.05) is 24.5 Å². The van der Waals surface area contributed by atoms with Gasteiger partial charge in [0.1, 0.15) is 22.9 Å². The SMILES string of the molecule is [C-]#[N+]c1c(N2CCN(C(=O)C=C)CC2C)c2cc(F)c(-c3c(O)cccc3F)nc2n(-c2c(C)ccnc2C(C)C)c1=O. The fourth-order valence-corrected chi connectivity index (χ4v) is 5.68. The summed E-state index contributed by atoms with van der Waals surface area (Å²) in [5.74, 6) is -2.74. The van der Waals surface area contributed by atoms with Crippen LogP contribution in [0.2, 0.25) is 0 Å². The summed E-state index contributed by atoms with van der Waals surface area (Å²) in [7, 11) is 0. The highest BCUT2D eigenvalue weighted by atomic mass is 19.1. The molecule has 5 rings (SSSR count). The highest BCUT2D eigenvalue weighted by Gasteiger charge is 2.33. The number of fused-ring (bicyclic) bond motifs is 1. The van der Waals surface area contributed by atoms with Gasteiger partial charge in [-0.25, -0.2) is 18.6 Å². The standard InChI is InChI=1S/C32H30F2N6O3/c1-7-24(42)38-13-14-39(19(5)16-38)30-20-15-22(34)27(25-21(33)9-8-10-23(25)41)37-31(20)40(32(43)28(30)35-6)29-18(4)11-12-36-26(29)17(2)3/h7-12,15,17,19,41H,1,13-14,16H2,2-5H3. The number of carbonyl (C=O) groups is 1. The lowest BCUT2D eigenvalue weighted by molar-refractivity contribution is -0.126. The second kappa shape index (κ2) is 11.3. The summed E-state index contributed by atoms with van der Waals surface area (Å²) in [6.45, 7) is 19.9. The van der Waals surface area contributed by atoms with E-state index in [-0.39, 0.29) is 59.9 Å². The first kappa shape index (κ1) is 29.4. The van der Waals surface area contributed by atoms with E-state index in [1.807, 2.05) is 20.8 Å². The maximum absolute atomic E-state index is 16.0. The molecule has 0 bridgehead atoms. The Balaban J connectivity index is 1.92. The summed E-state index contributed by atoms with van der Waals surface area (Å²) in [4.78, 5) is 42.7. The van der Waals surface area contributed by atoms with Crippen molar-refractivity contribution in [3.63, 3.8) is 0 Å². The number of anilines is 1. The van der Waals surface area contributed by atoms with Gasteiger partial charge < -0.3 is 14.9 Å². The first-order chi connectivity index (χ1) is 20.5. The van der Waals surface area contributed by atoms with Crippen molar-refractivity contribution in [2.45, 2.75) is 39.7 Å². The molecule has 4 aromatic rings. The van der Waals surface area contributed by atoms with Crippen LogP contribution >= 0.6 is 0 Å². The number of hydrogen-bond acceptors (Lipinski definition) is 6. The third-order valence-corrected chi connectivity index (χ3v) is 7.72. The van der Waals surface area contributed by atoms with E-state index in [0.717, 1.165) is 12.1 Å². The molecule has 1 amide bonds. The molecule has 0 aliphatic carbocycles. The largest absolute Gasteiger partial charge is 0.507 e. The zero-order valence-electron chi connectivity index (χ0n) is 24.2. The molecule has 1 atom stereocenters. The minimum absolute atomic E-state index is 0.0266. The van der Waals surface area contributed by atoms with Crippen LogP contribution in [0.4, 0.5) is 20.2 Å². The summed E-state index contributed by atoms with van der Waals surface area (Å²) in [5.41, 5.74) is -0.127. The number of pyridine rings is 3. The molecular weight excluding hydrogens is 554 g/mol. The van der Waals surface area contributed by atoms with Crippen LogP contribution in [0.3, 0.4) is 0 Å². The number of hydrogen-bond donors (Lipinski definition) is 1. The topological polar surface area (TPSA) is 95.9 Å².